The molecule has 116 valence electrons. The van der Waals surface area contributed by atoms with Crippen LogP contribution in [0.1, 0.15) is 36.5 Å². The lowest BCUT2D eigenvalue weighted by atomic mass is 10.1. The van der Waals surface area contributed by atoms with Crippen LogP contribution in [0.5, 0.6) is 5.75 Å². The van der Waals surface area contributed by atoms with E-state index < -0.39 is 12.0 Å². The molecule has 0 spiro atoms. The lowest BCUT2D eigenvalue weighted by molar-refractivity contribution is -0.143. The Hall–Kier alpha value is -1.56. The molecule has 0 saturated heterocycles. The molecule has 1 N–H and O–H groups in total. The Kier molecular flexibility index (Phi) is 7.22. The third kappa shape index (κ3) is 5.04. The third-order valence-corrected chi connectivity index (χ3v) is 3.71. The maximum absolute atomic E-state index is 12.2. The van der Waals surface area contributed by atoms with Crippen molar-refractivity contribution in [3.05, 3.63) is 28.2 Å². The molecular formula is C15H20BrNO4. The summed E-state index contributed by atoms with van der Waals surface area (Å²) in [6.45, 7) is 2.02. The molecule has 0 aliphatic carbocycles. The summed E-state index contributed by atoms with van der Waals surface area (Å²) >= 11 is 3.33. The molecule has 0 saturated carbocycles. The lowest BCUT2D eigenvalue weighted by Gasteiger charge is -2.16. The normalized spacial score (nSPS) is 11.6. The number of amides is 1. The molecule has 0 aromatic heterocycles. The van der Waals surface area contributed by atoms with Crippen LogP contribution in [0.4, 0.5) is 0 Å². The van der Waals surface area contributed by atoms with Gasteiger partial charge in [0.15, 0.2) is 0 Å². The molecule has 5 nitrogen and oxygen atoms in total. The van der Waals surface area contributed by atoms with Gasteiger partial charge in [-0.15, -0.1) is 0 Å². The highest BCUT2D eigenvalue weighted by atomic mass is 79.9. The van der Waals surface area contributed by atoms with E-state index in [4.69, 9.17) is 9.47 Å². The number of hydrogen-bond acceptors (Lipinski definition) is 4. The van der Waals surface area contributed by atoms with Crippen LogP contribution in [0, 0.1) is 0 Å². The van der Waals surface area contributed by atoms with Gasteiger partial charge in [-0.1, -0.05) is 19.8 Å². The zero-order valence-corrected chi connectivity index (χ0v) is 14.0. The quantitative estimate of drug-likeness (QED) is 0.762. The Morgan fingerprint density at radius 1 is 1.33 bits per heavy atom. The van der Waals surface area contributed by atoms with Crippen molar-refractivity contribution >= 4 is 27.8 Å². The molecule has 0 heterocycles. The second kappa shape index (κ2) is 8.67. The van der Waals surface area contributed by atoms with Gasteiger partial charge in [-0.05, 0) is 40.5 Å². The van der Waals surface area contributed by atoms with E-state index in [1.807, 2.05) is 6.92 Å². The molecule has 6 heteroatoms. The van der Waals surface area contributed by atoms with Gasteiger partial charge in [-0.25, -0.2) is 4.79 Å². The van der Waals surface area contributed by atoms with Crippen molar-refractivity contribution in [2.24, 2.45) is 0 Å². The molecule has 0 radical (unpaired) electrons. The number of unbranched alkanes of at least 4 members (excludes halogenated alkanes) is 1. The number of esters is 1. The standard InChI is InChI=1S/C15H20BrNO4/c1-4-5-6-12(15(19)21-3)17-14(18)10-7-8-11(16)13(9-10)20-2/h7-9,12H,4-6H2,1-3H3,(H,17,18)/t12-/m0/s1. The molecule has 1 rings (SSSR count). The van der Waals surface area contributed by atoms with Gasteiger partial charge in [-0.3, -0.25) is 4.79 Å². The minimum absolute atomic E-state index is 0.327. The van der Waals surface area contributed by atoms with Crippen molar-refractivity contribution in [3.8, 4) is 5.75 Å². The number of halogens is 1. The van der Waals surface area contributed by atoms with Gasteiger partial charge < -0.3 is 14.8 Å². The first-order valence-corrected chi connectivity index (χ1v) is 7.55. The number of carbonyl (C=O) groups is 2. The van der Waals surface area contributed by atoms with Gasteiger partial charge in [0.25, 0.3) is 5.91 Å². The predicted molar refractivity (Wildman–Crippen MR) is 83.5 cm³/mol. The first-order chi connectivity index (χ1) is 10.0. The van der Waals surface area contributed by atoms with Crippen molar-refractivity contribution in [2.45, 2.75) is 32.2 Å². The molecule has 0 aliphatic rings. The minimum atomic E-state index is -0.628. The summed E-state index contributed by atoms with van der Waals surface area (Å²) < 4.78 is 10.6. The smallest absolute Gasteiger partial charge is 0.328 e. The fourth-order valence-electron chi connectivity index (χ4n) is 1.84. The Bertz CT molecular complexity index is 504. The number of nitrogens with one attached hydrogen (secondary N) is 1. The molecule has 1 amide bonds. The van der Waals surface area contributed by atoms with E-state index in [2.05, 4.69) is 21.2 Å². The number of hydrogen-bond donors (Lipinski definition) is 1. The van der Waals surface area contributed by atoms with E-state index >= 15 is 0 Å². The van der Waals surface area contributed by atoms with E-state index in [1.54, 1.807) is 18.2 Å². The van der Waals surface area contributed by atoms with Gasteiger partial charge in [0.2, 0.25) is 0 Å². The van der Waals surface area contributed by atoms with Gasteiger partial charge in [0.1, 0.15) is 11.8 Å². The van der Waals surface area contributed by atoms with E-state index in [0.29, 0.717) is 17.7 Å². The summed E-state index contributed by atoms with van der Waals surface area (Å²) in [5.41, 5.74) is 0.431. The highest BCUT2D eigenvalue weighted by Crippen LogP contribution is 2.25. The molecule has 0 aliphatic heterocycles. The number of ether oxygens (including phenoxy) is 2. The summed E-state index contributed by atoms with van der Waals surface area (Å²) in [7, 11) is 2.84. The lowest BCUT2D eigenvalue weighted by Crippen LogP contribution is -2.41. The topological polar surface area (TPSA) is 64.6 Å². The maximum atomic E-state index is 12.2. The Balaban J connectivity index is 2.83. The molecule has 1 aromatic rings. The first kappa shape index (κ1) is 17.5. The number of benzene rings is 1. The zero-order valence-electron chi connectivity index (χ0n) is 12.4. The highest BCUT2D eigenvalue weighted by Gasteiger charge is 2.21. The van der Waals surface area contributed by atoms with Gasteiger partial charge in [0.05, 0.1) is 18.7 Å². The van der Waals surface area contributed by atoms with E-state index in [-0.39, 0.29) is 5.91 Å². The van der Waals surface area contributed by atoms with Crippen molar-refractivity contribution in [3.63, 3.8) is 0 Å². The molecule has 0 fully saturated rings. The van der Waals surface area contributed by atoms with Gasteiger partial charge >= 0.3 is 5.97 Å². The molecule has 21 heavy (non-hydrogen) atoms. The summed E-state index contributed by atoms with van der Waals surface area (Å²) in [6.07, 6.45) is 2.34. The zero-order chi connectivity index (χ0) is 15.8. The predicted octanol–water partition coefficient (Wildman–Crippen LogP) is 2.92. The monoisotopic (exact) mass is 357 g/mol. The third-order valence-electron chi connectivity index (χ3n) is 3.05. The average molecular weight is 358 g/mol. The highest BCUT2D eigenvalue weighted by molar-refractivity contribution is 9.10. The van der Waals surface area contributed by atoms with Crippen LogP contribution in [0.3, 0.4) is 0 Å². The number of carbonyl (C=O) groups excluding carboxylic acids is 2. The van der Waals surface area contributed by atoms with Crippen LogP contribution < -0.4 is 10.1 Å². The van der Waals surface area contributed by atoms with Crippen molar-refractivity contribution < 1.29 is 19.1 Å². The van der Waals surface area contributed by atoms with Crippen LogP contribution in [-0.4, -0.2) is 32.1 Å². The molecular weight excluding hydrogens is 338 g/mol. The fraction of sp³-hybridized carbons (Fsp3) is 0.467. The Morgan fingerprint density at radius 2 is 2.05 bits per heavy atom. The summed E-state index contributed by atoms with van der Waals surface area (Å²) in [4.78, 5) is 23.9. The van der Waals surface area contributed by atoms with Crippen molar-refractivity contribution in [1.29, 1.82) is 0 Å². The first-order valence-electron chi connectivity index (χ1n) is 6.75. The van der Waals surface area contributed by atoms with Crippen LogP contribution >= 0.6 is 15.9 Å². The number of rotatable bonds is 7. The summed E-state index contributed by atoms with van der Waals surface area (Å²) in [6, 6.07) is 4.38. The number of methoxy groups -OCH3 is 2. The Morgan fingerprint density at radius 3 is 2.62 bits per heavy atom. The van der Waals surface area contributed by atoms with Crippen LogP contribution in [0.25, 0.3) is 0 Å². The second-order valence-electron chi connectivity index (χ2n) is 4.54. The van der Waals surface area contributed by atoms with E-state index in [0.717, 1.165) is 17.3 Å². The summed E-state index contributed by atoms with van der Waals surface area (Å²) in [5.74, 6) is -0.195. The van der Waals surface area contributed by atoms with E-state index in [9.17, 15) is 9.59 Å². The molecule has 1 atom stereocenters. The van der Waals surface area contributed by atoms with Crippen LogP contribution in [-0.2, 0) is 9.53 Å². The molecule has 0 bridgehead atoms. The summed E-state index contributed by atoms with van der Waals surface area (Å²) in [5, 5.41) is 2.71. The molecule has 1 aromatic carbocycles. The largest absolute Gasteiger partial charge is 0.496 e. The van der Waals surface area contributed by atoms with Gasteiger partial charge in [-0.2, -0.15) is 0 Å². The second-order valence-corrected chi connectivity index (χ2v) is 5.40. The van der Waals surface area contributed by atoms with Gasteiger partial charge in [0, 0.05) is 5.56 Å². The Labute approximate surface area is 133 Å². The van der Waals surface area contributed by atoms with Crippen LogP contribution in [0.15, 0.2) is 22.7 Å². The van der Waals surface area contributed by atoms with Crippen molar-refractivity contribution in [1.82, 2.24) is 5.32 Å². The van der Waals surface area contributed by atoms with Crippen molar-refractivity contribution in [2.75, 3.05) is 14.2 Å². The average Bonchev–Trinajstić information content (AvgIpc) is 2.50. The van der Waals surface area contributed by atoms with E-state index in [1.165, 1.54) is 14.2 Å². The van der Waals surface area contributed by atoms with Crippen LogP contribution in [0.2, 0.25) is 0 Å². The fourth-order valence-corrected chi connectivity index (χ4v) is 2.25. The minimum Gasteiger partial charge on any atom is -0.496 e. The maximum Gasteiger partial charge on any atom is 0.328 e. The molecule has 0 unspecified atom stereocenters. The SMILES string of the molecule is CCCC[C@H](NC(=O)c1ccc(Br)c(OC)c1)C(=O)OC.